The number of ether oxygens (including phenoxy) is 4. The van der Waals surface area contributed by atoms with Crippen LogP contribution in [0.2, 0.25) is 0 Å². The monoisotopic (exact) mass is 221 g/mol. The molecule has 90 valence electrons. The molecule has 6 nitrogen and oxygen atoms in total. The zero-order valence-corrected chi connectivity index (χ0v) is 9.45. The Hall–Kier alpha value is -0.690. The van der Waals surface area contributed by atoms with E-state index in [1.807, 2.05) is 0 Å². The summed E-state index contributed by atoms with van der Waals surface area (Å²) in [6.07, 6.45) is -0.423. The lowest BCUT2D eigenvalue weighted by molar-refractivity contribution is -0.131. The predicted molar refractivity (Wildman–Crippen MR) is 53.5 cm³/mol. The van der Waals surface area contributed by atoms with Crippen molar-refractivity contribution in [2.45, 2.75) is 6.29 Å². The summed E-state index contributed by atoms with van der Waals surface area (Å²) in [7, 11) is 4.59. The number of rotatable bonds is 9. The summed E-state index contributed by atoms with van der Waals surface area (Å²) in [5.74, 6) is -0.204. The van der Waals surface area contributed by atoms with Crippen LogP contribution in [0.15, 0.2) is 0 Å². The maximum Gasteiger partial charge on any atom is 0.246 e. The first-order chi connectivity index (χ1) is 7.24. The van der Waals surface area contributed by atoms with Gasteiger partial charge in [-0.05, 0) is 0 Å². The minimum absolute atomic E-state index is 0.0174. The maximum absolute atomic E-state index is 11.2. The Labute approximate surface area is 89.8 Å². The quantitative estimate of drug-likeness (QED) is 0.415. The largest absolute Gasteiger partial charge is 0.382 e. The molecule has 0 bridgehead atoms. The van der Waals surface area contributed by atoms with Crippen LogP contribution in [0, 0.1) is 0 Å². The van der Waals surface area contributed by atoms with Crippen molar-refractivity contribution in [3.63, 3.8) is 0 Å². The molecule has 0 rings (SSSR count). The SMILES string of the molecule is COCCOCC(=O)NCC(OC)OC. The van der Waals surface area contributed by atoms with Crippen LogP contribution in [-0.4, -0.2) is 59.9 Å². The van der Waals surface area contributed by atoms with Crippen molar-refractivity contribution in [2.24, 2.45) is 0 Å². The fourth-order valence-electron chi connectivity index (χ4n) is 0.818. The molecule has 0 unspecified atom stereocenters. The average molecular weight is 221 g/mol. The fourth-order valence-corrected chi connectivity index (χ4v) is 0.818. The zero-order chi connectivity index (χ0) is 11.5. The maximum atomic E-state index is 11.2. The average Bonchev–Trinajstić information content (AvgIpc) is 2.26. The third kappa shape index (κ3) is 8.31. The standard InChI is InChI=1S/C9H19NO5/c1-12-4-5-15-7-8(11)10-6-9(13-2)14-3/h9H,4-7H2,1-3H3,(H,10,11). The molecule has 0 aromatic carbocycles. The normalized spacial score (nSPS) is 10.7. The number of methoxy groups -OCH3 is 3. The molecule has 0 aromatic rings. The van der Waals surface area contributed by atoms with E-state index in [4.69, 9.17) is 18.9 Å². The Bertz CT molecular complexity index is 161. The van der Waals surface area contributed by atoms with Crippen molar-refractivity contribution in [3.8, 4) is 0 Å². The van der Waals surface area contributed by atoms with Gasteiger partial charge in [0.05, 0.1) is 19.8 Å². The van der Waals surface area contributed by atoms with Gasteiger partial charge in [-0.25, -0.2) is 0 Å². The number of carbonyl (C=O) groups excluding carboxylic acids is 1. The van der Waals surface area contributed by atoms with E-state index in [9.17, 15) is 4.79 Å². The smallest absolute Gasteiger partial charge is 0.246 e. The lowest BCUT2D eigenvalue weighted by Crippen LogP contribution is -2.36. The van der Waals surface area contributed by atoms with E-state index >= 15 is 0 Å². The number of amides is 1. The van der Waals surface area contributed by atoms with E-state index in [0.717, 1.165) is 0 Å². The van der Waals surface area contributed by atoms with Gasteiger partial charge >= 0.3 is 0 Å². The molecule has 1 N–H and O–H groups in total. The molecule has 0 saturated heterocycles. The molecule has 0 aliphatic carbocycles. The third-order valence-corrected chi connectivity index (χ3v) is 1.66. The highest BCUT2D eigenvalue weighted by atomic mass is 16.7. The van der Waals surface area contributed by atoms with Gasteiger partial charge in [-0.2, -0.15) is 0 Å². The molecule has 0 fully saturated rings. The molecule has 0 radical (unpaired) electrons. The van der Waals surface area contributed by atoms with E-state index in [-0.39, 0.29) is 12.5 Å². The molecular formula is C9H19NO5. The van der Waals surface area contributed by atoms with Gasteiger partial charge < -0.3 is 24.3 Å². The van der Waals surface area contributed by atoms with Gasteiger partial charge in [-0.3, -0.25) is 4.79 Å². The van der Waals surface area contributed by atoms with Crippen molar-refractivity contribution < 1.29 is 23.7 Å². The minimum atomic E-state index is -0.423. The van der Waals surface area contributed by atoms with Crippen LogP contribution in [0.3, 0.4) is 0 Å². The van der Waals surface area contributed by atoms with Crippen LogP contribution >= 0.6 is 0 Å². The summed E-state index contributed by atoms with van der Waals surface area (Å²) in [4.78, 5) is 11.2. The van der Waals surface area contributed by atoms with E-state index in [0.29, 0.717) is 19.8 Å². The van der Waals surface area contributed by atoms with Crippen molar-refractivity contribution in [2.75, 3.05) is 47.7 Å². The number of hydrogen-bond donors (Lipinski definition) is 1. The van der Waals surface area contributed by atoms with Gasteiger partial charge in [0.1, 0.15) is 6.61 Å². The molecule has 6 heteroatoms. The van der Waals surface area contributed by atoms with Crippen LogP contribution < -0.4 is 5.32 Å². The molecule has 0 atom stereocenters. The Balaban J connectivity index is 3.40. The predicted octanol–water partition coefficient (Wildman–Crippen LogP) is -0.615. The highest BCUT2D eigenvalue weighted by Crippen LogP contribution is 1.87. The summed E-state index contributed by atoms with van der Waals surface area (Å²) >= 11 is 0. The zero-order valence-electron chi connectivity index (χ0n) is 9.45. The van der Waals surface area contributed by atoms with Crippen LogP contribution in [0.1, 0.15) is 0 Å². The minimum Gasteiger partial charge on any atom is -0.382 e. The summed E-state index contributed by atoms with van der Waals surface area (Å²) in [6, 6.07) is 0. The molecular weight excluding hydrogens is 202 g/mol. The van der Waals surface area contributed by atoms with Crippen molar-refractivity contribution in [1.82, 2.24) is 5.32 Å². The molecule has 0 spiro atoms. The first-order valence-corrected chi connectivity index (χ1v) is 4.63. The number of hydrogen-bond acceptors (Lipinski definition) is 5. The first-order valence-electron chi connectivity index (χ1n) is 4.63. The van der Waals surface area contributed by atoms with Gasteiger partial charge in [-0.1, -0.05) is 0 Å². The van der Waals surface area contributed by atoms with Gasteiger partial charge in [0.15, 0.2) is 6.29 Å². The molecule has 1 amide bonds. The Morgan fingerprint density at radius 2 is 1.87 bits per heavy atom. The Morgan fingerprint density at radius 3 is 2.40 bits per heavy atom. The van der Waals surface area contributed by atoms with Gasteiger partial charge in [-0.15, -0.1) is 0 Å². The number of nitrogens with one attached hydrogen (secondary N) is 1. The van der Waals surface area contributed by atoms with Crippen molar-refractivity contribution in [3.05, 3.63) is 0 Å². The van der Waals surface area contributed by atoms with Gasteiger partial charge in [0.2, 0.25) is 5.91 Å². The second kappa shape index (κ2) is 9.85. The first kappa shape index (κ1) is 14.3. The second-order valence-corrected chi connectivity index (χ2v) is 2.75. The van der Waals surface area contributed by atoms with E-state index < -0.39 is 6.29 Å². The van der Waals surface area contributed by atoms with Crippen LogP contribution in [0.25, 0.3) is 0 Å². The number of carbonyl (C=O) groups is 1. The Kier molecular flexibility index (Phi) is 9.40. The lowest BCUT2D eigenvalue weighted by Gasteiger charge is -2.13. The van der Waals surface area contributed by atoms with Crippen molar-refractivity contribution >= 4 is 5.91 Å². The third-order valence-electron chi connectivity index (χ3n) is 1.66. The van der Waals surface area contributed by atoms with Gasteiger partial charge in [0.25, 0.3) is 0 Å². The highest BCUT2D eigenvalue weighted by Gasteiger charge is 2.07. The molecule has 0 heterocycles. The van der Waals surface area contributed by atoms with E-state index in [1.54, 1.807) is 7.11 Å². The van der Waals surface area contributed by atoms with Crippen LogP contribution in [0.5, 0.6) is 0 Å². The molecule has 0 saturated carbocycles. The van der Waals surface area contributed by atoms with Crippen LogP contribution in [-0.2, 0) is 23.7 Å². The van der Waals surface area contributed by atoms with E-state index in [2.05, 4.69) is 5.32 Å². The molecule has 0 aliphatic rings. The van der Waals surface area contributed by atoms with Crippen molar-refractivity contribution in [1.29, 1.82) is 0 Å². The van der Waals surface area contributed by atoms with Crippen LogP contribution in [0.4, 0.5) is 0 Å². The summed E-state index contributed by atoms with van der Waals surface area (Å²) < 4.78 is 19.6. The Morgan fingerprint density at radius 1 is 1.20 bits per heavy atom. The fraction of sp³-hybridized carbons (Fsp3) is 0.889. The molecule has 0 aliphatic heterocycles. The molecule has 15 heavy (non-hydrogen) atoms. The second-order valence-electron chi connectivity index (χ2n) is 2.75. The topological polar surface area (TPSA) is 66.0 Å². The lowest BCUT2D eigenvalue weighted by atomic mass is 10.5. The summed E-state index contributed by atoms with van der Waals surface area (Å²) in [6.45, 7) is 1.21. The van der Waals surface area contributed by atoms with Gasteiger partial charge in [0, 0.05) is 21.3 Å². The summed E-state index contributed by atoms with van der Waals surface area (Å²) in [5.41, 5.74) is 0. The highest BCUT2D eigenvalue weighted by molar-refractivity contribution is 5.77. The van der Waals surface area contributed by atoms with E-state index in [1.165, 1.54) is 14.2 Å². The molecule has 0 aromatic heterocycles. The summed E-state index contributed by atoms with van der Waals surface area (Å²) in [5, 5.41) is 2.61.